The summed E-state index contributed by atoms with van der Waals surface area (Å²) in [6.45, 7) is 5.48. The van der Waals surface area contributed by atoms with Crippen LogP contribution in [0.5, 0.6) is 5.75 Å². The van der Waals surface area contributed by atoms with Gasteiger partial charge in [-0.1, -0.05) is 25.1 Å². The molecule has 0 bridgehead atoms. The van der Waals surface area contributed by atoms with E-state index in [1.54, 1.807) is 6.92 Å². The lowest BCUT2D eigenvalue weighted by molar-refractivity contribution is -0.174. The Labute approximate surface area is 118 Å². The van der Waals surface area contributed by atoms with E-state index in [1.807, 2.05) is 30.0 Å². The van der Waals surface area contributed by atoms with Crippen molar-refractivity contribution in [3.05, 3.63) is 29.3 Å². The SMILES string of the molecule is CCc1cccc(CN2CCOC(C)(C(=O)O)C2)c1O. The van der Waals surface area contributed by atoms with Gasteiger partial charge in [-0.2, -0.15) is 0 Å². The maximum Gasteiger partial charge on any atom is 0.337 e. The number of nitrogens with zero attached hydrogens (tertiary/aromatic N) is 1. The first kappa shape index (κ1) is 14.8. The Morgan fingerprint density at radius 2 is 2.15 bits per heavy atom. The van der Waals surface area contributed by atoms with Gasteiger partial charge >= 0.3 is 5.97 Å². The van der Waals surface area contributed by atoms with Crippen LogP contribution in [0.3, 0.4) is 0 Å². The molecule has 1 fully saturated rings. The summed E-state index contributed by atoms with van der Waals surface area (Å²) in [5.41, 5.74) is 0.576. The van der Waals surface area contributed by atoms with E-state index in [0.717, 1.165) is 17.5 Å². The summed E-state index contributed by atoms with van der Waals surface area (Å²) >= 11 is 0. The lowest BCUT2D eigenvalue weighted by atomic mass is 10.0. The molecule has 5 nitrogen and oxygen atoms in total. The molecule has 0 amide bonds. The van der Waals surface area contributed by atoms with Gasteiger partial charge in [0.2, 0.25) is 0 Å². The van der Waals surface area contributed by atoms with Crippen LogP contribution in [0.1, 0.15) is 25.0 Å². The highest BCUT2D eigenvalue weighted by Gasteiger charge is 2.39. The number of hydrogen-bond donors (Lipinski definition) is 2. The number of hydrogen-bond acceptors (Lipinski definition) is 4. The first-order valence-corrected chi connectivity index (χ1v) is 6.85. The topological polar surface area (TPSA) is 70.0 Å². The lowest BCUT2D eigenvalue weighted by Gasteiger charge is -2.37. The molecule has 0 saturated carbocycles. The average molecular weight is 279 g/mol. The largest absolute Gasteiger partial charge is 0.507 e. The Bertz CT molecular complexity index is 503. The van der Waals surface area contributed by atoms with Gasteiger partial charge in [-0.3, -0.25) is 4.90 Å². The zero-order valence-corrected chi connectivity index (χ0v) is 11.9. The first-order valence-electron chi connectivity index (χ1n) is 6.85. The quantitative estimate of drug-likeness (QED) is 0.876. The maximum atomic E-state index is 11.2. The second-order valence-electron chi connectivity index (χ2n) is 5.37. The number of phenolic OH excluding ortho intramolecular Hbond substituents is 1. The molecule has 1 aliphatic rings. The number of morpholine rings is 1. The third kappa shape index (κ3) is 2.94. The zero-order valence-electron chi connectivity index (χ0n) is 11.9. The molecule has 20 heavy (non-hydrogen) atoms. The van der Waals surface area contributed by atoms with Crippen LogP contribution in [0.25, 0.3) is 0 Å². The van der Waals surface area contributed by atoms with E-state index in [1.165, 1.54) is 0 Å². The van der Waals surface area contributed by atoms with Crippen molar-refractivity contribution in [3.63, 3.8) is 0 Å². The van der Waals surface area contributed by atoms with E-state index in [2.05, 4.69) is 0 Å². The van der Waals surface area contributed by atoms with Gasteiger partial charge in [0.05, 0.1) is 6.61 Å². The second kappa shape index (κ2) is 5.81. The molecule has 2 rings (SSSR count). The molecule has 1 aliphatic heterocycles. The Balaban J connectivity index is 2.12. The normalized spacial score (nSPS) is 23.7. The lowest BCUT2D eigenvalue weighted by Crippen LogP contribution is -2.54. The fraction of sp³-hybridized carbons (Fsp3) is 0.533. The molecule has 1 saturated heterocycles. The molecule has 1 atom stereocenters. The molecule has 1 unspecified atom stereocenters. The minimum Gasteiger partial charge on any atom is -0.507 e. The highest BCUT2D eigenvalue weighted by Crippen LogP contribution is 2.26. The van der Waals surface area contributed by atoms with Crippen molar-refractivity contribution in [2.75, 3.05) is 19.7 Å². The second-order valence-corrected chi connectivity index (χ2v) is 5.37. The van der Waals surface area contributed by atoms with Crippen LogP contribution in [0.4, 0.5) is 0 Å². The number of para-hydroxylation sites is 1. The zero-order chi connectivity index (χ0) is 14.8. The Kier molecular flexibility index (Phi) is 4.30. The molecule has 1 aromatic rings. The van der Waals surface area contributed by atoms with Gasteiger partial charge in [-0.25, -0.2) is 4.79 Å². The summed E-state index contributed by atoms with van der Waals surface area (Å²) in [4.78, 5) is 13.2. The van der Waals surface area contributed by atoms with E-state index < -0.39 is 11.6 Å². The van der Waals surface area contributed by atoms with Crippen molar-refractivity contribution in [1.29, 1.82) is 0 Å². The smallest absolute Gasteiger partial charge is 0.337 e. The van der Waals surface area contributed by atoms with Crippen molar-refractivity contribution in [1.82, 2.24) is 4.90 Å². The number of aromatic hydroxyl groups is 1. The predicted octanol–water partition coefficient (Wildman–Crippen LogP) is 1.63. The summed E-state index contributed by atoms with van der Waals surface area (Å²) in [5.74, 6) is -0.632. The minimum absolute atomic E-state index is 0.318. The van der Waals surface area contributed by atoms with Crippen molar-refractivity contribution in [2.24, 2.45) is 0 Å². The summed E-state index contributed by atoms with van der Waals surface area (Å²) < 4.78 is 5.37. The van der Waals surface area contributed by atoms with Crippen LogP contribution in [-0.4, -0.2) is 46.4 Å². The number of aliphatic carboxylic acids is 1. The van der Waals surface area contributed by atoms with E-state index in [-0.39, 0.29) is 0 Å². The van der Waals surface area contributed by atoms with Gasteiger partial charge in [0.15, 0.2) is 5.60 Å². The van der Waals surface area contributed by atoms with E-state index in [0.29, 0.717) is 32.0 Å². The van der Waals surface area contributed by atoms with Gasteiger partial charge in [-0.05, 0) is 18.9 Å². The summed E-state index contributed by atoms with van der Waals surface area (Å²) in [7, 11) is 0. The number of aryl methyl sites for hydroxylation is 1. The standard InChI is InChI=1S/C15H21NO4/c1-3-11-5-4-6-12(13(11)17)9-16-7-8-20-15(2,10-16)14(18)19/h4-6,17H,3,7-10H2,1-2H3,(H,18,19). The van der Waals surface area contributed by atoms with Crippen LogP contribution >= 0.6 is 0 Å². The van der Waals surface area contributed by atoms with Crippen molar-refractivity contribution >= 4 is 5.97 Å². The number of phenols is 1. The number of carbonyl (C=O) groups is 1. The van der Waals surface area contributed by atoms with Crippen LogP contribution < -0.4 is 0 Å². The van der Waals surface area contributed by atoms with Crippen LogP contribution in [-0.2, 0) is 22.5 Å². The minimum atomic E-state index is -1.17. The predicted molar refractivity (Wildman–Crippen MR) is 74.8 cm³/mol. The third-order valence-electron chi connectivity index (χ3n) is 3.78. The molecule has 1 heterocycles. The third-order valence-corrected chi connectivity index (χ3v) is 3.78. The summed E-state index contributed by atoms with van der Waals surface area (Å²) in [5, 5.41) is 19.4. The van der Waals surface area contributed by atoms with Gasteiger partial charge in [-0.15, -0.1) is 0 Å². The number of carboxylic acid groups (broad SMARTS) is 1. The van der Waals surface area contributed by atoms with Crippen molar-refractivity contribution < 1.29 is 19.7 Å². The molecule has 0 aliphatic carbocycles. The molecular weight excluding hydrogens is 258 g/mol. The van der Waals surface area contributed by atoms with E-state index in [4.69, 9.17) is 4.74 Å². The molecule has 0 radical (unpaired) electrons. The maximum absolute atomic E-state index is 11.2. The number of carboxylic acids is 1. The summed E-state index contributed by atoms with van der Waals surface area (Å²) in [6.07, 6.45) is 0.773. The first-order chi connectivity index (χ1) is 9.46. The Morgan fingerprint density at radius 1 is 1.45 bits per heavy atom. The highest BCUT2D eigenvalue weighted by molar-refractivity contribution is 5.77. The Morgan fingerprint density at radius 3 is 2.80 bits per heavy atom. The fourth-order valence-electron chi connectivity index (χ4n) is 2.51. The van der Waals surface area contributed by atoms with Crippen LogP contribution in [0.15, 0.2) is 18.2 Å². The molecule has 110 valence electrons. The Hall–Kier alpha value is -1.59. The average Bonchev–Trinajstić information content (AvgIpc) is 2.41. The molecule has 5 heteroatoms. The van der Waals surface area contributed by atoms with Gasteiger partial charge in [0.25, 0.3) is 0 Å². The molecular formula is C15H21NO4. The van der Waals surface area contributed by atoms with E-state index >= 15 is 0 Å². The number of ether oxygens (including phenoxy) is 1. The van der Waals surface area contributed by atoms with E-state index in [9.17, 15) is 15.0 Å². The molecule has 1 aromatic carbocycles. The van der Waals surface area contributed by atoms with Gasteiger partial charge < -0.3 is 14.9 Å². The highest BCUT2D eigenvalue weighted by atomic mass is 16.5. The van der Waals surface area contributed by atoms with Gasteiger partial charge in [0.1, 0.15) is 5.75 Å². The molecule has 0 aromatic heterocycles. The molecule has 2 N–H and O–H groups in total. The monoisotopic (exact) mass is 279 g/mol. The van der Waals surface area contributed by atoms with Crippen LogP contribution in [0.2, 0.25) is 0 Å². The molecule has 0 spiro atoms. The van der Waals surface area contributed by atoms with Crippen molar-refractivity contribution in [3.8, 4) is 5.75 Å². The number of rotatable bonds is 4. The van der Waals surface area contributed by atoms with Crippen LogP contribution in [0, 0.1) is 0 Å². The summed E-state index contributed by atoms with van der Waals surface area (Å²) in [6, 6.07) is 5.70. The van der Waals surface area contributed by atoms with Crippen molar-refractivity contribution in [2.45, 2.75) is 32.4 Å². The van der Waals surface area contributed by atoms with Gasteiger partial charge in [0, 0.05) is 25.2 Å². The number of benzene rings is 1. The fourth-order valence-corrected chi connectivity index (χ4v) is 2.51.